The SMILES string of the molecule is CC(C)(C)[Si](C)(C)CO[Si](C)(C)C. The van der Waals surface area contributed by atoms with E-state index in [1.807, 2.05) is 0 Å². The van der Waals surface area contributed by atoms with Crippen LogP contribution >= 0.6 is 0 Å². The molecule has 0 aliphatic rings. The smallest absolute Gasteiger partial charge is 0.183 e. The van der Waals surface area contributed by atoms with E-state index in [4.69, 9.17) is 4.43 Å². The van der Waals surface area contributed by atoms with Crippen molar-refractivity contribution in [1.82, 2.24) is 0 Å². The molecule has 0 atom stereocenters. The normalized spacial score (nSPS) is 14.8. The molecule has 0 fully saturated rings. The second-order valence-corrected chi connectivity index (χ2v) is 16.6. The zero-order valence-electron chi connectivity index (χ0n) is 10.6. The van der Waals surface area contributed by atoms with E-state index < -0.39 is 16.4 Å². The summed E-state index contributed by atoms with van der Waals surface area (Å²) >= 11 is 0. The molecule has 0 aromatic heterocycles. The lowest BCUT2D eigenvalue weighted by Gasteiger charge is -2.38. The van der Waals surface area contributed by atoms with E-state index in [1.165, 1.54) is 0 Å². The summed E-state index contributed by atoms with van der Waals surface area (Å²) in [7, 11) is -2.51. The minimum absolute atomic E-state index is 0.451. The third-order valence-electron chi connectivity index (χ3n) is 2.90. The van der Waals surface area contributed by atoms with Crippen LogP contribution < -0.4 is 0 Å². The maximum absolute atomic E-state index is 6.02. The Morgan fingerprint density at radius 3 is 1.54 bits per heavy atom. The van der Waals surface area contributed by atoms with Gasteiger partial charge in [-0.05, 0) is 24.7 Å². The third-order valence-corrected chi connectivity index (χ3v) is 9.12. The summed E-state index contributed by atoms with van der Waals surface area (Å²) in [5, 5.41) is 0.451. The lowest BCUT2D eigenvalue weighted by molar-refractivity contribution is 0.365. The summed E-state index contributed by atoms with van der Waals surface area (Å²) in [5.41, 5.74) is 0. The Labute approximate surface area is 86.0 Å². The van der Waals surface area contributed by atoms with Crippen LogP contribution in [0, 0.1) is 0 Å². The lowest BCUT2D eigenvalue weighted by atomic mass is 10.2. The van der Waals surface area contributed by atoms with Gasteiger partial charge in [0.25, 0.3) is 0 Å². The van der Waals surface area contributed by atoms with Gasteiger partial charge in [-0.2, -0.15) is 0 Å². The van der Waals surface area contributed by atoms with Crippen molar-refractivity contribution in [3.05, 3.63) is 0 Å². The molecule has 0 saturated carbocycles. The Bertz CT molecular complexity index is 163. The molecular weight excluding hydrogens is 192 g/mol. The Balaban J connectivity index is 4.21. The van der Waals surface area contributed by atoms with Gasteiger partial charge in [0.05, 0.1) is 8.07 Å². The van der Waals surface area contributed by atoms with Gasteiger partial charge < -0.3 is 4.43 Å². The highest BCUT2D eigenvalue weighted by Gasteiger charge is 2.36. The predicted molar refractivity (Wildman–Crippen MR) is 66.5 cm³/mol. The van der Waals surface area contributed by atoms with Gasteiger partial charge in [-0.25, -0.2) is 0 Å². The van der Waals surface area contributed by atoms with Gasteiger partial charge in [-0.15, -0.1) is 0 Å². The van der Waals surface area contributed by atoms with Crippen LogP contribution in [-0.2, 0) is 4.43 Å². The van der Waals surface area contributed by atoms with E-state index in [0.29, 0.717) is 5.04 Å². The van der Waals surface area contributed by atoms with E-state index in [-0.39, 0.29) is 0 Å². The van der Waals surface area contributed by atoms with Crippen molar-refractivity contribution in [3.8, 4) is 0 Å². The highest BCUT2D eigenvalue weighted by molar-refractivity contribution is 6.81. The van der Waals surface area contributed by atoms with Crippen LogP contribution in [0.25, 0.3) is 0 Å². The van der Waals surface area contributed by atoms with Gasteiger partial charge in [-0.3, -0.25) is 0 Å². The largest absolute Gasteiger partial charge is 0.421 e. The van der Waals surface area contributed by atoms with Crippen molar-refractivity contribution in [3.63, 3.8) is 0 Å². The molecule has 0 aromatic carbocycles. The quantitative estimate of drug-likeness (QED) is 0.653. The lowest BCUT2D eigenvalue weighted by Crippen LogP contribution is -2.45. The first-order chi connectivity index (χ1) is 5.46. The summed E-state index contributed by atoms with van der Waals surface area (Å²) in [6.07, 6.45) is 1.02. The fourth-order valence-corrected chi connectivity index (χ4v) is 4.22. The summed E-state index contributed by atoms with van der Waals surface area (Å²) < 4.78 is 6.02. The molecule has 0 bridgehead atoms. The summed E-state index contributed by atoms with van der Waals surface area (Å²) in [6.45, 7) is 18.7. The van der Waals surface area contributed by atoms with Crippen molar-refractivity contribution in [1.29, 1.82) is 0 Å². The summed E-state index contributed by atoms with van der Waals surface area (Å²) in [4.78, 5) is 0. The van der Waals surface area contributed by atoms with Crippen molar-refractivity contribution in [2.45, 2.75) is 58.5 Å². The third kappa shape index (κ3) is 4.98. The Morgan fingerprint density at radius 1 is 0.923 bits per heavy atom. The van der Waals surface area contributed by atoms with Gasteiger partial charge in [0, 0.05) is 6.23 Å². The van der Waals surface area contributed by atoms with Gasteiger partial charge in [-0.1, -0.05) is 33.9 Å². The van der Waals surface area contributed by atoms with Crippen molar-refractivity contribution in [2.24, 2.45) is 0 Å². The topological polar surface area (TPSA) is 9.23 Å². The van der Waals surface area contributed by atoms with Crippen LogP contribution in [0.2, 0.25) is 37.8 Å². The van der Waals surface area contributed by atoms with Gasteiger partial charge in [0.1, 0.15) is 0 Å². The minimum Gasteiger partial charge on any atom is -0.421 e. The average molecular weight is 218 g/mol. The first kappa shape index (κ1) is 13.4. The van der Waals surface area contributed by atoms with E-state index in [0.717, 1.165) is 6.23 Å². The fraction of sp³-hybridized carbons (Fsp3) is 1.00. The molecule has 0 heterocycles. The predicted octanol–water partition coefficient (Wildman–Crippen LogP) is 3.89. The second-order valence-electron chi connectivity index (χ2n) is 6.53. The molecule has 3 heteroatoms. The average Bonchev–Trinajstić information content (AvgIpc) is 1.79. The molecule has 1 nitrogen and oxygen atoms in total. The van der Waals surface area contributed by atoms with Crippen LogP contribution in [0.5, 0.6) is 0 Å². The van der Waals surface area contributed by atoms with Gasteiger partial charge >= 0.3 is 0 Å². The van der Waals surface area contributed by atoms with Crippen molar-refractivity contribution in [2.75, 3.05) is 6.23 Å². The molecule has 0 unspecified atom stereocenters. The number of rotatable bonds is 3. The zero-order valence-corrected chi connectivity index (χ0v) is 12.6. The molecule has 0 rings (SSSR count). The van der Waals surface area contributed by atoms with E-state index >= 15 is 0 Å². The fourth-order valence-electron chi connectivity index (χ4n) is 0.613. The molecule has 13 heavy (non-hydrogen) atoms. The number of hydrogen-bond acceptors (Lipinski definition) is 1. The molecule has 0 N–H and O–H groups in total. The highest BCUT2D eigenvalue weighted by atomic mass is 28.4. The Kier molecular flexibility index (Phi) is 3.99. The maximum atomic E-state index is 6.02. The van der Waals surface area contributed by atoms with Crippen molar-refractivity contribution < 1.29 is 4.43 Å². The van der Waals surface area contributed by atoms with Crippen LogP contribution in [-0.4, -0.2) is 22.6 Å². The van der Waals surface area contributed by atoms with E-state index in [1.54, 1.807) is 0 Å². The van der Waals surface area contributed by atoms with Crippen LogP contribution in [0.4, 0.5) is 0 Å². The van der Waals surface area contributed by atoms with Crippen LogP contribution in [0.1, 0.15) is 20.8 Å². The second kappa shape index (κ2) is 3.87. The van der Waals surface area contributed by atoms with Gasteiger partial charge in [0.15, 0.2) is 8.32 Å². The molecule has 0 aromatic rings. The van der Waals surface area contributed by atoms with E-state index in [2.05, 4.69) is 53.5 Å². The monoisotopic (exact) mass is 218 g/mol. The first-order valence-electron chi connectivity index (χ1n) is 5.10. The minimum atomic E-state index is -1.31. The first-order valence-corrected chi connectivity index (χ1v) is 11.7. The van der Waals surface area contributed by atoms with E-state index in [9.17, 15) is 0 Å². The Morgan fingerprint density at radius 2 is 1.31 bits per heavy atom. The number of hydrogen-bond donors (Lipinski definition) is 0. The van der Waals surface area contributed by atoms with Crippen LogP contribution in [0.3, 0.4) is 0 Å². The zero-order chi connectivity index (χ0) is 10.9. The van der Waals surface area contributed by atoms with Crippen molar-refractivity contribution >= 4 is 16.4 Å². The highest BCUT2D eigenvalue weighted by Crippen LogP contribution is 2.36. The molecule has 80 valence electrons. The molecule has 0 spiro atoms. The maximum Gasteiger partial charge on any atom is 0.183 e. The molecule has 0 saturated heterocycles. The molecule has 0 aliphatic carbocycles. The Hall–Kier alpha value is 0.394. The van der Waals surface area contributed by atoms with Gasteiger partial charge in [0.2, 0.25) is 0 Å². The standard InChI is InChI=1S/C10H26OSi2/c1-10(2,3)13(7,8)9-11-12(4,5)6/h9H2,1-8H3. The summed E-state index contributed by atoms with van der Waals surface area (Å²) in [5.74, 6) is 0. The summed E-state index contributed by atoms with van der Waals surface area (Å²) in [6, 6.07) is 0. The molecular formula is C10H26OSi2. The molecule has 0 aliphatic heterocycles. The van der Waals surface area contributed by atoms with Crippen LogP contribution in [0.15, 0.2) is 0 Å². The molecule has 0 amide bonds. The molecule has 0 radical (unpaired) electrons.